The molecule has 17 heavy (non-hydrogen) atoms. The van der Waals surface area contributed by atoms with Gasteiger partial charge in [0.15, 0.2) is 11.5 Å². The van der Waals surface area contributed by atoms with Gasteiger partial charge in [-0.3, -0.25) is 10.1 Å². The number of aromatic nitrogens is 4. The molecule has 0 unspecified atom stereocenters. The molecule has 88 valence electrons. The number of tetrazole rings is 1. The zero-order valence-corrected chi connectivity index (χ0v) is 8.62. The Bertz CT molecular complexity index is 553. The highest BCUT2D eigenvalue weighted by atomic mass is 16.6. The second kappa shape index (κ2) is 4.04. The van der Waals surface area contributed by atoms with Crippen LogP contribution in [0.5, 0.6) is 11.5 Å². The third-order valence-electron chi connectivity index (χ3n) is 2.08. The first-order valence-electron chi connectivity index (χ1n) is 4.42. The highest BCUT2D eigenvalue weighted by Gasteiger charge is 2.20. The summed E-state index contributed by atoms with van der Waals surface area (Å²) < 4.78 is 4.83. The van der Waals surface area contributed by atoms with E-state index in [1.807, 2.05) is 0 Å². The molecule has 0 aliphatic carbocycles. The zero-order valence-electron chi connectivity index (χ0n) is 8.62. The summed E-state index contributed by atoms with van der Waals surface area (Å²) in [4.78, 5) is 10.1. The monoisotopic (exact) mass is 237 g/mol. The first-order valence-corrected chi connectivity index (χ1v) is 4.42. The van der Waals surface area contributed by atoms with Gasteiger partial charge in [-0.05, 0) is 5.21 Å². The van der Waals surface area contributed by atoms with E-state index in [0.29, 0.717) is 0 Å². The van der Waals surface area contributed by atoms with Crippen molar-refractivity contribution >= 4 is 5.69 Å². The summed E-state index contributed by atoms with van der Waals surface area (Å²) in [6.45, 7) is 0. The summed E-state index contributed by atoms with van der Waals surface area (Å²) in [5.74, 6) is -0.261. The number of hydrogen-bond acceptors (Lipinski definition) is 7. The highest BCUT2D eigenvalue weighted by Crippen LogP contribution is 2.38. The third kappa shape index (κ3) is 1.85. The Morgan fingerprint density at radius 2 is 2.29 bits per heavy atom. The van der Waals surface area contributed by atoms with E-state index >= 15 is 0 Å². The number of aromatic amines is 1. The van der Waals surface area contributed by atoms with E-state index in [2.05, 4.69) is 20.6 Å². The maximum absolute atomic E-state index is 10.7. The number of non-ortho nitro benzene ring substituents is 1. The Kier molecular flexibility index (Phi) is 2.57. The van der Waals surface area contributed by atoms with Crippen LogP contribution < -0.4 is 4.74 Å². The lowest BCUT2D eigenvalue weighted by atomic mass is 10.1. The molecule has 1 aromatic carbocycles. The van der Waals surface area contributed by atoms with E-state index < -0.39 is 4.92 Å². The predicted octanol–water partition coefficient (Wildman–Crippen LogP) is 0.489. The smallest absolute Gasteiger partial charge is 0.274 e. The largest absolute Gasteiger partial charge is 0.504 e. The van der Waals surface area contributed by atoms with Crippen molar-refractivity contribution < 1.29 is 14.8 Å². The van der Waals surface area contributed by atoms with Gasteiger partial charge in [0.2, 0.25) is 5.82 Å². The average Bonchev–Trinajstić information content (AvgIpc) is 2.82. The van der Waals surface area contributed by atoms with Crippen LogP contribution in [0.15, 0.2) is 12.1 Å². The number of phenols is 1. The van der Waals surface area contributed by atoms with Gasteiger partial charge in [0, 0.05) is 6.07 Å². The number of aromatic hydroxyl groups is 1. The Balaban J connectivity index is 2.65. The van der Waals surface area contributed by atoms with Crippen LogP contribution in [0.4, 0.5) is 5.69 Å². The number of methoxy groups -OCH3 is 1. The number of phenolic OH excluding ortho intramolecular Hbond substituents is 1. The van der Waals surface area contributed by atoms with E-state index in [1.54, 1.807) is 0 Å². The van der Waals surface area contributed by atoms with E-state index in [-0.39, 0.29) is 28.6 Å². The molecule has 0 aliphatic heterocycles. The summed E-state index contributed by atoms with van der Waals surface area (Å²) in [6.07, 6.45) is 0. The summed E-state index contributed by atoms with van der Waals surface area (Å²) in [5.41, 5.74) is -0.163. The number of nitrogens with zero attached hydrogens (tertiary/aromatic N) is 4. The molecule has 9 nitrogen and oxygen atoms in total. The molecule has 0 radical (unpaired) electrons. The number of nitrogens with one attached hydrogen (secondary N) is 1. The molecule has 0 saturated carbocycles. The van der Waals surface area contributed by atoms with Gasteiger partial charge in [0.05, 0.1) is 23.7 Å². The number of nitro benzene ring substituents is 1. The molecule has 9 heteroatoms. The van der Waals surface area contributed by atoms with Crippen LogP contribution in [0.25, 0.3) is 11.4 Å². The normalized spacial score (nSPS) is 10.2. The van der Waals surface area contributed by atoms with Crippen molar-refractivity contribution in [2.24, 2.45) is 0 Å². The van der Waals surface area contributed by atoms with Crippen LogP contribution >= 0.6 is 0 Å². The molecule has 1 heterocycles. The molecule has 0 spiro atoms. The Labute approximate surface area is 94.2 Å². The lowest BCUT2D eigenvalue weighted by Crippen LogP contribution is -1.93. The molecule has 0 bridgehead atoms. The fraction of sp³-hybridized carbons (Fsp3) is 0.125. The van der Waals surface area contributed by atoms with Crippen LogP contribution in [0, 0.1) is 10.1 Å². The Hall–Kier alpha value is -2.71. The molecule has 0 amide bonds. The number of nitro groups is 1. The highest BCUT2D eigenvalue weighted by molar-refractivity contribution is 5.71. The maximum atomic E-state index is 10.7. The van der Waals surface area contributed by atoms with Gasteiger partial charge in [-0.2, -0.15) is 5.21 Å². The predicted molar refractivity (Wildman–Crippen MR) is 54.5 cm³/mol. The van der Waals surface area contributed by atoms with Crippen LogP contribution in [-0.2, 0) is 0 Å². The van der Waals surface area contributed by atoms with E-state index in [9.17, 15) is 15.2 Å². The summed E-state index contributed by atoms with van der Waals surface area (Å²) in [6, 6.07) is 2.25. The first-order chi connectivity index (χ1) is 8.13. The summed E-state index contributed by atoms with van der Waals surface area (Å²) in [7, 11) is 1.29. The molecule has 0 aliphatic rings. The van der Waals surface area contributed by atoms with Crippen LogP contribution in [0.1, 0.15) is 0 Å². The minimum Gasteiger partial charge on any atom is -0.504 e. The van der Waals surface area contributed by atoms with Crippen molar-refractivity contribution in [3.8, 4) is 22.9 Å². The molecule has 0 fully saturated rings. The summed E-state index contributed by atoms with van der Waals surface area (Å²) in [5, 5.41) is 33.3. The number of ether oxygens (including phenoxy) is 1. The lowest BCUT2D eigenvalue weighted by Gasteiger charge is -2.06. The van der Waals surface area contributed by atoms with Crippen molar-refractivity contribution in [1.82, 2.24) is 20.6 Å². The van der Waals surface area contributed by atoms with Gasteiger partial charge in [-0.1, -0.05) is 0 Å². The zero-order chi connectivity index (χ0) is 12.4. The molecular formula is C8H7N5O4. The van der Waals surface area contributed by atoms with Gasteiger partial charge < -0.3 is 9.84 Å². The SMILES string of the molecule is COc1cc([N+](=O)[O-])cc(-c2nn[nH]n2)c1O. The van der Waals surface area contributed by atoms with E-state index in [0.717, 1.165) is 12.1 Å². The fourth-order valence-electron chi connectivity index (χ4n) is 1.30. The summed E-state index contributed by atoms with van der Waals surface area (Å²) >= 11 is 0. The topological polar surface area (TPSA) is 127 Å². The molecule has 2 aromatic rings. The average molecular weight is 237 g/mol. The van der Waals surface area contributed by atoms with Gasteiger partial charge >= 0.3 is 0 Å². The van der Waals surface area contributed by atoms with Gasteiger partial charge in [-0.25, -0.2) is 0 Å². The maximum Gasteiger partial charge on any atom is 0.274 e. The van der Waals surface area contributed by atoms with Crippen molar-refractivity contribution in [2.45, 2.75) is 0 Å². The molecule has 2 rings (SSSR count). The molecule has 0 saturated heterocycles. The van der Waals surface area contributed by atoms with Gasteiger partial charge in [0.25, 0.3) is 5.69 Å². The quantitative estimate of drug-likeness (QED) is 0.587. The van der Waals surface area contributed by atoms with Crippen molar-refractivity contribution in [2.75, 3.05) is 7.11 Å². The minimum absolute atomic E-state index is 0.0287. The molecular weight excluding hydrogens is 230 g/mol. The molecule has 2 N–H and O–H groups in total. The Morgan fingerprint density at radius 1 is 1.53 bits per heavy atom. The van der Waals surface area contributed by atoms with Crippen molar-refractivity contribution in [1.29, 1.82) is 0 Å². The molecule has 0 atom stereocenters. The van der Waals surface area contributed by atoms with Gasteiger partial charge in [-0.15, -0.1) is 10.2 Å². The standard InChI is InChI=1S/C8H7N5O4/c1-17-6-3-4(13(15)16)2-5(7(6)14)8-9-11-12-10-8/h2-3,14H,1H3,(H,9,10,11,12). The van der Waals surface area contributed by atoms with Crippen LogP contribution in [-0.4, -0.2) is 37.8 Å². The minimum atomic E-state index is -0.606. The van der Waals surface area contributed by atoms with Crippen LogP contribution in [0.3, 0.4) is 0 Å². The van der Waals surface area contributed by atoms with E-state index in [4.69, 9.17) is 4.74 Å². The second-order valence-electron chi connectivity index (χ2n) is 3.04. The molecule has 1 aromatic heterocycles. The van der Waals surface area contributed by atoms with Crippen LogP contribution in [0.2, 0.25) is 0 Å². The fourth-order valence-corrected chi connectivity index (χ4v) is 1.30. The lowest BCUT2D eigenvalue weighted by molar-refractivity contribution is -0.384. The Morgan fingerprint density at radius 3 is 2.82 bits per heavy atom. The first kappa shape index (κ1) is 10.8. The third-order valence-corrected chi connectivity index (χ3v) is 2.08. The van der Waals surface area contributed by atoms with Crippen molar-refractivity contribution in [3.05, 3.63) is 22.2 Å². The number of H-pyrrole nitrogens is 1. The van der Waals surface area contributed by atoms with E-state index in [1.165, 1.54) is 7.11 Å². The second-order valence-corrected chi connectivity index (χ2v) is 3.04. The number of hydrogen-bond donors (Lipinski definition) is 2. The number of rotatable bonds is 3. The number of benzene rings is 1. The van der Waals surface area contributed by atoms with Crippen molar-refractivity contribution in [3.63, 3.8) is 0 Å². The van der Waals surface area contributed by atoms with Gasteiger partial charge in [0.1, 0.15) is 0 Å².